The van der Waals surface area contributed by atoms with Gasteiger partial charge in [0.2, 0.25) is 0 Å². The van der Waals surface area contributed by atoms with Crippen LogP contribution in [0, 0.1) is 0 Å². The maximum Gasteiger partial charge on any atom is 0.0708 e. The molecule has 0 N–H and O–H groups in total. The predicted molar refractivity (Wildman–Crippen MR) is 66.5 cm³/mol. The minimum atomic E-state index is 0.985. The van der Waals surface area contributed by atoms with Crippen LogP contribution in [0.15, 0.2) is 53.6 Å². The van der Waals surface area contributed by atoms with Gasteiger partial charge in [-0.15, -0.1) is 12.6 Å². The molecule has 0 atom stereocenters. The van der Waals surface area contributed by atoms with Crippen LogP contribution >= 0.6 is 12.6 Å². The Morgan fingerprint density at radius 2 is 1.80 bits per heavy atom. The fourth-order valence-electron chi connectivity index (χ4n) is 1.84. The maximum atomic E-state index is 4.41. The number of nitrogens with zero attached hydrogens (tertiary/aromatic N) is 1. The number of hydrogen-bond acceptors (Lipinski definition) is 2. The molecule has 72 valence electrons. The Bertz CT molecular complexity index is 646. The van der Waals surface area contributed by atoms with Gasteiger partial charge < -0.3 is 0 Å². The average molecular weight is 211 g/mol. The minimum absolute atomic E-state index is 0.985. The van der Waals surface area contributed by atoms with Crippen molar-refractivity contribution in [1.82, 2.24) is 4.98 Å². The molecule has 3 aromatic rings. The van der Waals surface area contributed by atoms with E-state index in [0.717, 1.165) is 15.8 Å². The zero-order chi connectivity index (χ0) is 10.3. The fourth-order valence-corrected chi connectivity index (χ4v) is 2.05. The van der Waals surface area contributed by atoms with Crippen molar-refractivity contribution in [2.75, 3.05) is 0 Å². The Morgan fingerprint density at radius 3 is 2.73 bits per heavy atom. The summed E-state index contributed by atoms with van der Waals surface area (Å²) in [6, 6.07) is 14.3. The molecule has 0 saturated heterocycles. The van der Waals surface area contributed by atoms with Gasteiger partial charge in [-0.25, -0.2) is 0 Å². The second-order valence-corrected chi connectivity index (χ2v) is 4.06. The van der Waals surface area contributed by atoms with E-state index in [4.69, 9.17) is 0 Å². The van der Waals surface area contributed by atoms with Crippen molar-refractivity contribution in [1.29, 1.82) is 0 Å². The predicted octanol–water partition coefficient (Wildman–Crippen LogP) is 3.68. The number of fused-ring (bicyclic) bond motifs is 3. The summed E-state index contributed by atoms with van der Waals surface area (Å²) in [7, 11) is 0. The summed E-state index contributed by atoms with van der Waals surface area (Å²) in [6.07, 6.45) is 1.91. The van der Waals surface area contributed by atoms with Gasteiger partial charge in [-0.2, -0.15) is 0 Å². The first-order valence-corrected chi connectivity index (χ1v) is 5.26. The quantitative estimate of drug-likeness (QED) is 0.442. The number of rotatable bonds is 0. The van der Waals surface area contributed by atoms with Gasteiger partial charge >= 0.3 is 0 Å². The summed E-state index contributed by atoms with van der Waals surface area (Å²) in [5, 5.41) is 3.56. The Morgan fingerprint density at radius 1 is 0.933 bits per heavy atom. The molecule has 0 aliphatic carbocycles. The van der Waals surface area contributed by atoms with Crippen LogP contribution in [-0.4, -0.2) is 4.98 Å². The number of benzene rings is 2. The smallest absolute Gasteiger partial charge is 0.0708 e. The Labute approximate surface area is 93.2 Å². The fraction of sp³-hybridized carbons (Fsp3) is 0. The lowest BCUT2D eigenvalue weighted by Gasteiger charge is -2.03. The molecule has 1 aromatic heterocycles. The highest BCUT2D eigenvalue weighted by molar-refractivity contribution is 7.80. The second kappa shape index (κ2) is 3.24. The van der Waals surface area contributed by atoms with Gasteiger partial charge in [0.1, 0.15) is 0 Å². The number of para-hydroxylation sites is 1. The Hall–Kier alpha value is -1.54. The summed E-state index contributed by atoms with van der Waals surface area (Å²) >= 11 is 4.37. The van der Waals surface area contributed by atoms with E-state index < -0.39 is 0 Å². The van der Waals surface area contributed by atoms with E-state index in [1.54, 1.807) is 0 Å². The molecular weight excluding hydrogens is 202 g/mol. The molecule has 0 fully saturated rings. The molecular formula is C13H9NS. The van der Waals surface area contributed by atoms with E-state index in [2.05, 4.69) is 35.8 Å². The van der Waals surface area contributed by atoms with Gasteiger partial charge in [0, 0.05) is 21.9 Å². The number of hydrogen-bond donors (Lipinski definition) is 1. The second-order valence-electron chi connectivity index (χ2n) is 3.55. The topological polar surface area (TPSA) is 12.9 Å². The van der Waals surface area contributed by atoms with E-state index in [0.29, 0.717) is 0 Å². The monoisotopic (exact) mass is 211 g/mol. The zero-order valence-electron chi connectivity index (χ0n) is 8.01. The van der Waals surface area contributed by atoms with E-state index in [1.165, 1.54) is 10.8 Å². The van der Waals surface area contributed by atoms with E-state index >= 15 is 0 Å². The van der Waals surface area contributed by atoms with Crippen molar-refractivity contribution in [3.05, 3.63) is 48.7 Å². The van der Waals surface area contributed by atoms with Crippen molar-refractivity contribution >= 4 is 34.3 Å². The van der Waals surface area contributed by atoms with Crippen LogP contribution in [0.2, 0.25) is 0 Å². The molecule has 15 heavy (non-hydrogen) atoms. The summed E-state index contributed by atoms with van der Waals surface area (Å²) in [5.74, 6) is 0. The largest absolute Gasteiger partial charge is 0.256 e. The molecule has 2 aromatic carbocycles. The summed E-state index contributed by atoms with van der Waals surface area (Å²) < 4.78 is 0. The normalized spacial score (nSPS) is 11.0. The van der Waals surface area contributed by atoms with Crippen molar-refractivity contribution in [2.45, 2.75) is 4.90 Å². The van der Waals surface area contributed by atoms with Gasteiger partial charge in [-0.3, -0.25) is 4.98 Å². The Kier molecular flexibility index (Phi) is 1.89. The third-order valence-electron chi connectivity index (χ3n) is 2.57. The van der Waals surface area contributed by atoms with E-state index in [-0.39, 0.29) is 0 Å². The third-order valence-corrected chi connectivity index (χ3v) is 2.85. The molecule has 0 amide bonds. The molecule has 2 heteroatoms. The lowest BCUT2D eigenvalue weighted by atomic mass is 10.1. The molecule has 1 heterocycles. The Balaban J connectivity index is 2.57. The van der Waals surface area contributed by atoms with Crippen LogP contribution in [0.25, 0.3) is 21.7 Å². The van der Waals surface area contributed by atoms with Crippen molar-refractivity contribution in [3.63, 3.8) is 0 Å². The lowest BCUT2D eigenvalue weighted by molar-refractivity contribution is 1.43. The molecule has 0 radical (unpaired) electrons. The van der Waals surface area contributed by atoms with Crippen LogP contribution in [-0.2, 0) is 0 Å². The van der Waals surface area contributed by atoms with E-state index in [9.17, 15) is 0 Å². The minimum Gasteiger partial charge on any atom is -0.256 e. The number of thiol groups is 1. The van der Waals surface area contributed by atoms with Crippen LogP contribution in [0.5, 0.6) is 0 Å². The molecule has 0 aliphatic rings. The molecule has 0 unspecified atom stereocenters. The van der Waals surface area contributed by atoms with Crippen molar-refractivity contribution in [2.24, 2.45) is 0 Å². The van der Waals surface area contributed by atoms with Gasteiger partial charge in [0.05, 0.1) is 5.52 Å². The van der Waals surface area contributed by atoms with Crippen molar-refractivity contribution < 1.29 is 0 Å². The first-order valence-electron chi connectivity index (χ1n) is 4.81. The van der Waals surface area contributed by atoms with Crippen LogP contribution in [0.4, 0.5) is 0 Å². The van der Waals surface area contributed by atoms with Crippen molar-refractivity contribution in [3.8, 4) is 0 Å². The van der Waals surface area contributed by atoms with Crippen LogP contribution < -0.4 is 0 Å². The molecule has 0 spiro atoms. The van der Waals surface area contributed by atoms with Gasteiger partial charge in [0.15, 0.2) is 0 Å². The summed E-state index contributed by atoms with van der Waals surface area (Å²) in [5.41, 5.74) is 1.03. The summed E-state index contributed by atoms with van der Waals surface area (Å²) in [6.45, 7) is 0. The molecule has 0 aliphatic heterocycles. The standard InChI is InChI=1S/C13H9NS/c15-10-6-5-9-8-14-13-4-2-1-3-11(13)12(9)7-10/h1-8,15H. The molecule has 3 rings (SSSR count). The van der Waals surface area contributed by atoms with Gasteiger partial charge in [0.25, 0.3) is 0 Å². The first-order chi connectivity index (χ1) is 7.34. The molecule has 0 saturated carbocycles. The number of aromatic nitrogens is 1. The maximum absolute atomic E-state index is 4.41. The first kappa shape index (κ1) is 8.74. The van der Waals surface area contributed by atoms with Crippen LogP contribution in [0.1, 0.15) is 0 Å². The third kappa shape index (κ3) is 1.38. The summed E-state index contributed by atoms with van der Waals surface area (Å²) in [4.78, 5) is 5.40. The average Bonchev–Trinajstić information content (AvgIpc) is 2.29. The number of pyridine rings is 1. The lowest BCUT2D eigenvalue weighted by Crippen LogP contribution is -1.81. The highest BCUT2D eigenvalue weighted by Crippen LogP contribution is 2.25. The van der Waals surface area contributed by atoms with Crippen LogP contribution in [0.3, 0.4) is 0 Å². The molecule has 1 nitrogen and oxygen atoms in total. The highest BCUT2D eigenvalue weighted by atomic mass is 32.1. The highest BCUT2D eigenvalue weighted by Gasteiger charge is 2.00. The van der Waals surface area contributed by atoms with E-state index in [1.807, 2.05) is 30.5 Å². The SMILES string of the molecule is Sc1ccc2cnc3ccccc3c2c1. The van der Waals surface area contributed by atoms with Gasteiger partial charge in [-0.1, -0.05) is 24.3 Å². The van der Waals surface area contributed by atoms with Gasteiger partial charge in [-0.05, 0) is 23.6 Å². The zero-order valence-corrected chi connectivity index (χ0v) is 8.91. The molecule has 0 bridgehead atoms.